The number of hydrogen-bond acceptors (Lipinski definition) is 4. The maximum Gasteiger partial charge on any atom is 0.0701 e. The van der Waals surface area contributed by atoms with Gasteiger partial charge in [0.15, 0.2) is 0 Å². The standard InChI is InChI=1S/C23H48O4/c1-3-5-7-8-9-10-11-12-13-14-15-17-25-19-21-27-23-22-26-20-18-24-16-6-4-2/h3-23H2,1-2H3. The van der Waals surface area contributed by atoms with E-state index in [4.69, 9.17) is 18.9 Å². The number of rotatable bonds is 24. The highest BCUT2D eigenvalue weighted by Crippen LogP contribution is 2.11. The normalized spacial score (nSPS) is 11.3. The number of unbranched alkanes of at least 4 members (excludes halogenated alkanes) is 11. The van der Waals surface area contributed by atoms with E-state index in [1.807, 2.05) is 0 Å². The van der Waals surface area contributed by atoms with Crippen molar-refractivity contribution in [2.24, 2.45) is 0 Å². The molecule has 0 aliphatic rings. The van der Waals surface area contributed by atoms with Crippen LogP contribution in [-0.4, -0.2) is 52.9 Å². The van der Waals surface area contributed by atoms with Crippen molar-refractivity contribution in [1.29, 1.82) is 0 Å². The third-order valence-electron chi connectivity index (χ3n) is 4.65. The smallest absolute Gasteiger partial charge is 0.0701 e. The zero-order valence-electron chi connectivity index (χ0n) is 18.5. The average molecular weight is 389 g/mol. The molecule has 0 saturated carbocycles. The minimum atomic E-state index is 0.635. The summed E-state index contributed by atoms with van der Waals surface area (Å²) < 4.78 is 22.0. The summed E-state index contributed by atoms with van der Waals surface area (Å²) >= 11 is 0. The molecule has 0 unspecified atom stereocenters. The maximum absolute atomic E-state index is 5.61. The van der Waals surface area contributed by atoms with Gasteiger partial charge in [0.25, 0.3) is 0 Å². The van der Waals surface area contributed by atoms with Crippen molar-refractivity contribution in [3.05, 3.63) is 0 Å². The molecular formula is C23H48O4. The predicted molar refractivity (Wildman–Crippen MR) is 115 cm³/mol. The Labute approximate surface area is 169 Å². The first-order valence-electron chi connectivity index (χ1n) is 11.7. The molecule has 0 bridgehead atoms. The predicted octanol–water partition coefficient (Wildman–Crippen LogP) is 6.16. The third-order valence-corrected chi connectivity index (χ3v) is 4.65. The van der Waals surface area contributed by atoms with Crippen molar-refractivity contribution < 1.29 is 18.9 Å². The number of ether oxygens (including phenoxy) is 4. The Balaban J connectivity index is 2.95. The van der Waals surface area contributed by atoms with Crippen LogP contribution in [-0.2, 0) is 18.9 Å². The second kappa shape index (κ2) is 25.8. The monoisotopic (exact) mass is 388 g/mol. The summed E-state index contributed by atoms with van der Waals surface area (Å²) in [6.07, 6.45) is 17.4. The van der Waals surface area contributed by atoms with E-state index in [-0.39, 0.29) is 0 Å². The molecule has 0 atom stereocenters. The van der Waals surface area contributed by atoms with Crippen LogP contribution < -0.4 is 0 Å². The molecule has 4 heteroatoms. The van der Waals surface area contributed by atoms with Crippen molar-refractivity contribution in [2.45, 2.75) is 97.3 Å². The molecule has 0 aromatic rings. The molecular weight excluding hydrogens is 340 g/mol. The first-order chi connectivity index (χ1) is 13.4. The maximum atomic E-state index is 5.61. The van der Waals surface area contributed by atoms with Gasteiger partial charge in [-0.25, -0.2) is 0 Å². The molecule has 0 aliphatic heterocycles. The van der Waals surface area contributed by atoms with E-state index in [0.717, 1.165) is 19.6 Å². The lowest BCUT2D eigenvalue weighted by molar-refractivity contribution is -0.00238. The highest BCUT2D eigenvalue weighted by Gasteiger charge is 1.95. The first-order valence-corrected chi connectivity index (χ1v) is 11.7. The van der Waals surface area contributed by atoms with Crippen molar-refractivity contribution in [3.8, 4) is 0 Å². The average Bonchev–Trinajstić information content (AvgIpc) is 2.68. The first kappa shape index (κ1) is 26.8. The molecule has 0 heterocycles. The van der Waals surface area contributed by atoms with E-state index in [0.29, 0.717) is 39.6 Å². The van der Waals surface area contributed by atoms with E-state index in [1.165, 1.54) is 77.0 Å². The molecule has 0 rings (SSSR count). The highest BCUT2D eigenvalue weighted by molar-refractivity contribution is 4.48. The van der Waals surface area contributed by atoms with Crippen LogP contribution in [0.2, 0.25) is 0 Å². The Morgan fingerprint density at radius 1 is 0.296 bits per heavy atom. The highest BCUT2D eigenvalue weighted by atomic mass is 16.6. The second-order valence-corrected chi connectivity index (χ2v) is 7.34. The Morgan fingerprint density at radius 3 is 1.00 bits per heavy atom. The summed E-state index contributed by atoms with van der Waals surface area (Å²) in [6, 6.07) is 0. The van der Waals surface area contributed by atoms with Crippen molar-refractivity contribution in [3.63, 3.8) is 0 Å². The zero-order chi connectivity index (χ0) is 19.7. The van der Waals surface area contributed by atoms with Gasteiger partial charge in [0.05, 0.1) is 39.6 Å². The summed E-state index contributed by atoms with van der Waals surface area (Å²) in [5.74, 6) is 0. The molecule has 0 amide bonds. The Morgan fingerprint density at radius 2 is 0.593 bits per heavy atom. The SMILES string of the molecule is CCCCCCCCCCCCCOCCOCCOCCOCCCC. The summed E-state index contributed by atoms with van der Waals surface area (Å²) in [5, 5.41) is 0. The summed E-state index contributed by atoms with van der Waals surface area (Å²) in [6.45, 7) is 10.1. The van der Waals surface area contributed by atoms with E-state index in [2.05, 4.69) is 13.8 Å². The molecule has 0 aliphatic carbocycles. The molecule has 4 nitrogen and oxygen atoms in total. The van der Waals surface area contributed by atoms with Gasteiger partial charge >= 0.3 is 0 Å². The summed E-state index contributed by atoms with van der Waals surface area (Å²) in [7, 11) is 0. The molecule has 0 aromatic carbocycles. The quantitative estimate of drug-likeness (QED) is 0.185. The summed E-state index contributed by atoms with van der Waals surface area (Å²) in [5.41, 5.74) is 0. The lowest BCUT2D eigenvalue weighted by Crippen LogP contribution is -2.12. The fourth-order valence-corrected chi connectivity index (χ4v) is 2.88. The second-order valence-electron chi connectivity index (χ2n) is 7.34. The van der Waals surface area contributed by atoms with E-state index in [1.54, 1.807) is 0 Å². The van der Waals surface area contributed by atoms with Gasteiger partial charge in [-0.3, -0.25) is 0 Å². The van der Waals surface area contributed by atoms with Gasteiger partial charge in [-0.15, -0.1) is 0 Å². The fraction of sp³-hybridized carbons (Fsp3) is 1.00. The lowest BCUT2D eigenvalue weighted by Gasteiger charge is -2.07. The van der Waals surface area contributed by atoms with Crippen LogP contribution in [0, 0.1) is 0 Å². The van der Waals surface area contributed by atoms with Gasteiger partial charge in [0.1, 0.15) is 0 Å². The fourth-order valence-electron chi connectivity index (χ4n) is 2.88. The Bertz CT molecular complexity index is 225. The lowest BCUT2D eigenvalue weighted by atomic mass is 10.1. The third kappa shape index (κ3) is 25.8. The van der Waals surface area contributed by atoms with E-state index in [9.17, 15) is 0 Å². The van der Waals surface area contributed by atoms with Crippen molar-refractivity contribution in [2.75, 3.05) is 52.9 Å². The minimum absolute atomic E-state index is 0.635. The van der Waals surface area contributed by atoms with Crippen LogP contribution in [0.3, 0.4) is 0 Å². The van der Waals surface area contributed by atoms with Gasteiger partial charge < -0.3 is 18.9 Å². The van der Waals surface area contributed by atoms with E-state index >= 15 is 0 Å². The van der Waals surface area contributed by atoms with Crippen molar-refractivity contribution >= 4 is 0 Å². The Kier molecular flexibility index (Phi) is 25.7. The van der Waals surface area contributed by atoms with Crippen LogP contribution >= 0.6 is 0 Å². The van der Waals surface area contributed by atoms with Crippen LogP contribution in [0.15, 0.2) is 0 Å². The largest absolute Gasteiger partial charge is 0.379 e. The molecule has 0 N–H and O–H groups in total. The van der Waals surface area contributed by atoms with Crippen molar-refractivity contribution in [1.82, 2.24) is 0 Å². The number of hydrogen-bond donors (Lipinski definition) is 0. The zero-order valence-corrected chi connectivity index (χ0v) is 18.5. The molecule has 0 fully saturated rings. The molecule has 27 heavy (non-hydrogen) atoms. The minimum Gasteiger partial charge on any atom is -0.379 e. The molecule has 0 aromatic heterocycles. The molecule has 0 saturated heterocycles. The Hall–Kier alpha value is -0.160. The van der Waals surface area contributed by atoms with Crippen LogP contribution in [0.5, 0.6) is 0 Å². The topological polar surface area (TPSA) is 36.9 Å². The van der Waals surface area contributed by atoms with Crippen LogP contribution in [0.25, 0.3) is 0 Å². The van der Waals surface area contributed by atoms with E-state index < -0.39 is 0 Å². The van der Waals surface area contributed by atoms with Gasteiger partial charge in [0.2, 0.25) is 0 Å². The van der Waals surface area contributed by atoms with Gasteiger partial charge in [-0.1, -0.05) is 84.5 Å². The summed E-state index contributed by atoms with van der Waals surface area (Å²) in [4.78, 5) is 0. The van der Waals surface area contributed by atoms with Gasteiger partial charge in [-0.05, 0) is 12.8 Å². The molecule has 0 spiro atoms. The van der Waals surface area contributed by atoms with Gasteiger partial charge in [-0.2, -0.15) is 0 Å². The molecule has 164 valence electrons. The van der Waals surface area contributed by atoms with Gasteiger partial charge in [0, 0.05) is 13.2 Å². The van der Waals surface area contributed by atoms with Crippen LogP contribution in [0.4, 0.5) is 0 Å². The van der Waals surface area contributed by atoms with Crippen LogP contribution in [0.1, 0.15) is 97.3 Å². The molecule has 0 radical (unpaired) electrons.